The summed E-state index contributed by atoms with van der Waals surface area (Å²) in [5.41, 5.74) is 3.40. The number of nitrogens with zero attached hydrogens (tertiary/aromatic N) is 2. The fourth-order valence-electron chi connectivity index (χ4n) is 3.46. The molecule has 0 aliphatic heterocycles. The SMILES string of the molecule is Cc1ccc(-c2c(C)sc3ncn(Cc4cc(=O)c(OCC(C)C)c[nH]4)c(=O)c23)cc1. The minimum Gasteiger partial charge on any atom is -0.488 e. The van der Waals surface area contributed by atoms with Crippen molar-refractivity contribution in [3.8, 4) is 16.9 Å². The summed E-state index contributed by atoms with van der Waals surface area (Å²) in [6, 6.07) is 9.63. The lowest BCUT2D eigenvalue weighted by atomic mass is 10.0. The minimum absolute atomic E-state index is 0.120. The second-order valence-electron chi connectivity index (χ2n) is 8.15. The van der Waals surface area contributed by atoms with Gasteiger partial charge in [-0.25, -0.2) is 4.98 Å². The van der Waals surface area contributed by atoms with Gasteiger partial charge >= 0.3 is 0 Å². The zero-order valence-corrected chi connectivity index (χ0v) is 18.9. The molecule has 4 aromatic rings. The number of hydrogen-bond acceptors (Lipinski definition) is 5. The van der Waals surface area contributed by atoms with Gasteiger partial charge in [0.15, 0.2) is 5.75 Å². The highest BCUT2D eigenvalue weighted by atomic mass is 32.1. The zero-order chi connectivity index (χ0) is 22.1. The van der Waals surface area contributed by atoms with Gasteiger partial charge in [-0.1, -0.05) is 43.7 Å². The molecule has 160 valence electrons. The summed E-state index contributed by atoms with van der Waals surface area (Å²) in [4.78, 5) is 35.1. The smallest absolute Gasteiger partial charge is 0.263 e. The van der Waals surface area contributed by atoms with Crippen molar-refractivity contribution in [2.75, 3.05) is 6.61 Å². The van der Waals surface area contributed by atoms with E-state index < -0.39 is 0 Å². The number of fused-ring (bicyclic) bond motifs is 1. The van der Waals surface area contributed by atoms with Gasteiger partial charge in [0.05, 0.1) is 24.9 Å². The topological polar surface area (TPSA) is 77.0 Å². The molecule has 1 N–H and O–H groups in total. The largest absolute Gasteiger partial charge is 0.488 e. The third-order valence-corrected chi connectivity index (χ3v) is 6.06. The molecule has 0 saturated heterocycles. The number of ether oxygens (including phenoxy) is 1. The van der Waals surface area contributed by atoms with E-state index in [-0.39, 0.29) is 23.3 Å². The first kappa shape index (κ1) is 21.1. The van der Waals surface area contributed by atoms with Crippen LogP contribution < -0.4 is 15.7 Å². The molecule has 6 nitrogen and oxygen atoms in total. The van der Waals surface area contributed by atoms with Gasteiger partial charge in [-0.3, -0.25) is 14.2 Å². The van der Waals surface area contributed by atoms with Crippen LogP contribution in [-0.2, 0) is 6.54 Å². The Labute approximate surface area is 184 Å². The van der Waals surface area contributed by atoms with Crippen LogP contribution in [0.2, 0.25) is 0 Å². The van der Waals surface area contributed by atoms with Crippen molar-refractivity contribution < 1.29 is 4.74 Å². The van der Waals surface area contributed by atoms with Crippen LogP contribution in [0, 0.1) is 19.8 Å². The minimum atomic E-state index is -0.205. The molecule has 0 fully saturated rings. The molecular weight excluding hydrogens is 410 g/mol. The molecule has 0 aliphatic carbocycles. The number of nitrogens with one attached hydrogen (secondary N) is 1. The first-order valence-corrected chi connectivity index (χ1v) is 11.0. The highest BCUT2D eigenvalue weighted by Gasteiger charge is 2.17. The van der Waals surface area contributed by atoms with Crippen molar-refractivity contribution in [3.05, 3.63) is 79.6 Å². The molecule has 0 saturated carbocycles. The molecular formula is C24H25N3O3S. The van der Waals surface area contributed by atoms with Crippen molar-refractivity contribution in [2.24, 2.45) is 5.92 Å². The number of benzene rings is 1. The maximum absolute atomic E-state index is 13.3. The number of hydrogen-bond donors (Lipinski definition) is 1. The lowest BCUT2D eigenvalue weighted by Gasteiger charge is -2.10. The molecule has 0 atom stereocenters. The molecule has 3 heterocycles. The van der Waals surface area contributed by atoms with Gasteiger partial charge in [-0.15, -0.1) is 11.3 Å². The number of aromatic nitrogens is 3. The van der Waals surface area contributed by atoms with Gasteiger partial charge in [-0.2, -0.15) is 0 Å². The Bertz CT molecular complexity index is 1350. The van der Waals surface area contributed by atoms with Crippen molar-refractivity contribution in [1.82, 2.24) is 14.5 Å². The van der Waals surface area contributed by atoms with Gasteiger partial charge < -0.3 is 9.72 Å². The van der Waals surface area contributed by atoms with Gasteiger partial charge in [0.2, 0.25) is 5.43 Å². The molecule has 0 bridgehead atoms. The lowest BCUT2D eigenvalue weighted by Crippen LogP contribution is -2.22. The van der Waals surface area contributed by atoms with Gasteiger partial charge in [0.25, 0.3) is 5.56 Å². The highest BCUT2D eigenvalue weighted by Crippen LogP contribution is 2.35. The van der Waals surface area contributed by atoms with Crippen molar-refractivity contribution in [1.29, 1.82) is 0 Å². The molecule has 4 rings (SSSR count). The molecule has 0 unspecified atom stereocenters. The van der Waals surface area contributed by atoms with Crippen LogP contribution in [0.3, 0.4) is 0 Å². The van der Waals surface area contributed by atoms with Crippen LogP contribution in [0.1, 0.15) is 30.0 Å². The molecule has 3 aromatic heterocycles. The number of aromatic amines is 1. The Kier molecular flexibility index (Phi) is 5.78. The molecule has 0 amide bonds. The number of H-pyrrole nitrogens is 1. The van der Waals surface area contributed by atoms with E-state index in [1.165, 1.54) is 27.5 Å². The Morgan fingerprint density at radius 1 is 1.16 bits per heavy atom. The molecule has 7 heteroatoms. The van der Waals surface area contributed by atoms with Crippen LogP contribution in [0.25, 0.3) is 21.3 Å². The van der Waals surface area contributed by atoms with Crippen LogP contribution >= 0.6 is 11.3 Å². The second kappa shape index (κ2) is 8.51. The molecule has 0 spiro atoms. The molecule has 0 aliphatic rings. The summed E-state index contributed by atoms with van der Waals surface area (Å²) in [5, 5.41) is 0.619. The Morgan fingerprint density at radius 3 is 2.58 bits per heavy atom. The Hall–Kier alpha value is -3.19. The summed E-state index contributed by atoms with van der Waals surface area (Å²) in [5.74, 6) is 0.612. The lowest BCUT2D eigenvalue weighted by molar-refractivity contribution is 0.267. The zero-order valence-electron chi connectivity index (χ0n) is 18.1. The predicted octanol–water partition coefficient (Wildman–Crippen LogP) is 4.51. The summed E-state index contributed by atoms with van der Waals surface area (Å²) < 4.78 is 7.07. The molecule has 0 radical (unpaired) electrons. The van der Waals surface area contributed by atoms with E-state index in [0.717, 1.165) is 20.8 Å². The predicted molar refractivity (Wildman–Crippen MR) is 125 cm³/mol. The van der Waals surface area contributed by atoms with Crippen LogP contribution in [-0.4, -0.2) is 21.1 Å². The molecule has 31 heavy (non-hydrogen) atoms. The van der Waals surface area contributed by atoms with Crippen molar-refractivity contribution in [3.63, 3.8) is 0 Å². The average molecular weight is 436 g/mol. The fourth-order valence-corrected chi connectivity index (χ4v) is 4.47. The van der Waals surface area contributed by atoms with E-state index in [4.69, 9.17) is 4.74 Å². The van der Waals surface area contributed by atoms with Crippen LogP contribution in [0.15, 0.2) is 52.4 Å². The van der Waals surface area contributed by atoms with Gasteiger partial charge in [0, 0.05) is 28.4 Å². The third kappa shape index (κ3) is 4.32. The van der Waals surface area contributed by atoms with E-state index in [9.17, 15) is 9.59 Å². The van der Waals surface area contributed by atoms with E-state index >= 15 is 0 Å². The van der Waals surface area contributed by atoms with E-state index in [2.05, 4.69) is 9.97 Å². The Morgan fingerprint density at radius 2 is 1.90 bits per heavy atom. The molecule has 1 aromatic carbocycles. The maximum Gasteiger partial charge on any atom is 0.263 e. The number of aryl methyl sites for hydroxylation is 2. The monoisotopic (exact) mass is 435 g/mol. The quantitative estimate of drug-likeness (QED) is 0.483. The number of rotatable bonds is 6. The van der Waals surface area contributed by atoms with Crippen LogP contribution in [0.4, 0.5) is 0 Å². The second-order valence-corrected chi connectivity index (χ2v) is 9.35. The summed E-state index contributed by atoms with van der Waals surface area (Å²) in [7, 11) is 0. The van der Waals surface area contributed by atoms with E-state index in [1.54, 1.807) is 12.5 Å². The summed E-state index contributed by atoms with van der Waals surface area (Å²) in [6.07, 6.45) is 3.10. The van der Waals surface area contributed by atoms with Gasteiger partial charge in [0.1, 0.15) is 4.83 Å². The van der Waals surface area contributed by atoms with E-state index in [1.807, 2.05) is 52.0 Å². The van der Waals surface area contributed by atoms with Crippen LogP contribution in [0.5, 0.6) is 5.75 Å². The first-order chi connectivity index (χ1) is 14.8. The normalized spacial score (nSPS) is 11.4. The fraction of sp³-hybridized carbons (Fsp3) is 0.292. The van der Waals surface area contributed by atoms with Crippen molar-refractivity contribution in [2.45, 2.75) is 34.2 Å². The number of pyridine rings is 1. The van der Waals surface area contributed by atoms with E-state index in [0.29, 0.717) is 23.6 Å². The summed E-state index contributed by atoms with van der Waals surface area (Å²) in [6.45, 7) is 8.80. The van der Waals surface area contributed by atoms with Gasteiger partial charge in [-0.05, 0) is 25.3 Å². The third-order valence-electron chi connectivity index (χ3n) is 5.04. The standard InChI is InChI=1S/C24H25N3O3S/c1-14(2)12-30-20-10-25-18(9-19(20)28)11-27-13-26-23-22(24(27)29)21(16(4)31-23)17-7-5-15(3)6-8-17/h5-10,13-14H,11-12H2,1-4H3,(H,25,28). The van der Waals surface area contributed by atoms with Crippen molar-refractivity contribution >= 4 is 21.6 Å². The highest BCUT2D eigenvalue weighted by molar-refractivity contribution is 7.19. The first-order valence-electron chi connectivity index (χ1n) is 10.2. The summed E-state index contributed by atoms with van der Waals surface area (Å²) >= 11 is 1.52. The average Bonchev–Trinajstić information content (AvgIpc) is 3.07. The maximum atomic E-state index is 13.3. The number of thiophene rings is 1. The Balaban J connectivity index is 1.71.